The van der Waals surface area contributed by atoms with Gasteiger partial charge in [0.05, 0.1) is 5.92 Å². The summed E-state index contributed by atoms with van der Waals surface area (Å²) in [5, 5.41) is 6.76. The molecule has 0 unspecified atom stereocenters. The molecule has 35 heavy (non-hydrogen) atoms. The van der Waals surface area contributed by atoms with E-state index in [1.165, 1.54) is 22.5 Å². The fraction of sp³-hybridized carbons (Fsp3) is 0.308. The average molecular weight is 498 g/mol. The molecule has 1 aliphatic rings. The molecule has 1 aliphatic heterocycles. The van der Waals surface area contributed by atoms with E-state index < -0.39 is 21.8 Å². The minimum atomic E-state index is -4.00. The van der Waals surface area contributed by atoms with E-state index >= 15 is 0 Å². The van der Waals surface area contributed by atoms with Crippen LogP contribution in [0.15, 0.2) is 51.9 Å². The molecule has 0 spiro atoms. The minimum Gasteiger partial charge on any atom is -0.355 e. The molecular formula is C26H28FN3O4S. The Morgan fingerprint density at radius 1 is 1.14 bits per heavy atom. The summed E-state index contributed by atoms with van der Waals surface area (Å²) in [6.07, 6.45) is 3.99. The molecule has 1 atom stereocenters. The molecule has 1 fully saturated rings. The molecule has 4 rings (SSSR count). The van der Waals surface area contributed by atoms with Crippen molar-refractivity contribution in [3.8, 4) is 0 Å². The zero-order valence-electron chi connectivity index (χ0n) is 19.9. The quantitative estimate of drug-likeness (QED) is 0.520. The highest BCUT2D eigenvalue weighted by Crippen LogP contribution is 2.30. The van der Waals surface area contributed by atoms with Crippen LogP contribution in [0.25, 0.3) is 12.2 Å². The lowest BCUT2D eigenvalue weighted by Crippen LogP contribution is -2.43. The summed E-state index contributed by atoms with van der Waals surface area (Å²) in [6, 6.07) is 11.9. The van der Waals surface area contributed by atoms with Gasteiger partial charge >= 0.3 is 0 Å². The van der Waals surface area contributed by atoms with Crippen LogP contribution < -0.4 is 5.32 Å². The monoisotopic (exact) mass is 497 g/mol. The Kier molecular flexibility index (Phi) is 7.18. The molecule has 0 bridgehead atoms. The predicted molar refractivity (Wildman–Crippen MR) is 133 cm³/mol. The number of piperidine rings is 1. The number of aromatic nitrogens is 1. The van der Waals surface area contributed by atoms with Crippen molar-refractivity contribution in [2.45, 2.75) is 38.5 Å². The van der Waals surface area contributed by atoms with Crippen LogP contribution >= 0.6 is 0 Å². The van der Waals surface area contributed by atoms with E-state index in [2.05, 4.69) is 10.5 Å². The van der Waals surface area contributed by atoms with E-state index in [-0.39, 0.29) is 35.3 Å². The highest BCUT2D eigenvalue weighted by atomic mass is 32.2. The Balaban J connectivity index is 1.54. The number of nitrogens with one attached hydrogen (secondary N) is 1. The van der Waals surface area contributed by atoms with Crippen LogP contribution in [0.5, 0.6) is 0 Å². The van der Waals surface area contributed by atoms with Crippen LogP contribution in [-0.4, -0.2) is 36.9 Å². The second-order valence-electron chi connectivity index (χ2n) is 8.88. The Morgan fingerprint density at radius 2 is 1.86 bits per heavy atom. The maximum Gasteiger partial charge on any atom is 0.248 e. The summed E-state index contributed by atoms with van der Waals surface area (Å²) < 4.78 is 47.7. The number of benzene rings is 2. The van der Waals surface area contributed by atoms with Gasteiger partial charge in [-0.05, 0) is 75.1 Å². The number of hydrogen-bond donors (Lipinski definition) is 1. The molecule has 1 N–H and O–H groups in total. The van der Waals surface area contributed by atoms with Crippen LogP contribution in [0, 0.1) is 32.5 Å². The SMILES string of the molecule is Cc1cc(C)cc(NC(=O)[C@H]2CCCN(S(=O)(=O)c3c(C)noc3/C=C/c3ccccc3F)C2)c1. The summed E-state index contributed by atoms with van der Waals surface area (Å²) >= 11 is 0. The van der Waals surface area contributed by atoms with Gasteiger partial charge in [0.1, 0.15) is 11.5 Å². The highest BCUT2D eigenvalue weighted by Gasteiger charge is 2.37. The van der Waals surface area contributed by atoms with E-state index in [0.29, 0.717) is 24.1 Å². The fourth-order valence-electron chi connectivity index (χ4n) is 4.37. The number of carbonyl (C=O) groups excluding carboxylic acids is 1. The Labute approximate surface area is 204 Å². The molecule has 0 radical (unpaired) electrons. The van der Waals surface area contributed by atoms with Crippen LogP contribution in [0.3, 0.4) is 0 Å². The van der Waals surface area contributed by atoms with Crippen molar-refractivity contribution in [1.29, 1.82) is 0 Å². The van der Waals surface area contributed by atoms with Gasteiger partial charge in [0.2, 0.25) is 15.9 Å². The zero-order chi connectivity index (χ0) is 25.2. The number of carbonyl (C=O) groups is 1. The molecule has 2 heterocycles. The van der Waals surface area contributed by atoms with E-state index in [1.54, 1.807) is 25.1 Å². The summed E-state index contributed by atoms with van der Waals surface area (Å²) in [7, 11) is -4.00. The maximum atomic E-state index is 14.0. The Morgan fingerprint density at radius 3 is 2.57 bits per heavy atom. The van der Waals surface area contributed by atoms with Crippen molar-refractivity contribution in [3.63, 3.8) is 0 Å². The van der Waals surface area contributed by atoms with Crippen molar-refractivity contribution in [2.24, 2.45) is 5.92 Å². The number of amides is 1. The summed E-state index contributed by atoms with van der Waals surface area (Å²) in [5.74, 6) is -1.11. The molecule has 1 aromatic heterocycles. The van der Waals surface area contributed by atoms with Crippen molar-refractivity contribution in [3.05, 3.63) is 76.4 Å². The molecule has 0 saturated carbocycles. The third-order valence-corrected chi connectivity index (χ3v) is 8.02. The van der Waals surface area contributed by atoms with E-state index in [9.17, 15) is 17.6 Å². The third kappa shape index (κ3) is 5.52. The first-order valence-corrected chi connectivity index (χ1v) is 12.9. The summed E-state index contributed by atoms with van der Waals surface area (Å²) in [6.45, 7) is 5.80. The molecule has 0 aliphatic carbocycles. The molecule has 1 saturated heterocycles. The topological polar surface area (TPSA) is 92.5 Å². The number of sulfonamides is 1. The maximum absolute atomic E-state index is 14.0. The second-order valence-corrected chi connectivity index (χ2v) is 10.8. The molecule has 9 heteroatoms. The number of nitrogens with zero attached hydrogens (tertiary/aromatic N) is 2. The number of hydrogen-bond acceptors (Lipinski definition) is 5. The largest absolute Gasteiger partial charge is 0.355 e. The number of halogens is 1. The van der Waals surface area contributed by atoms with Gasteiger partial charge in [0, 0.05) is 24.3 Å². The first-order valence-electron chi connectivity index (χ1n) is 11.4. The second kappa shape index (κ2) is 10.1. The predicted octanol–water partition coefficient (Wildman–Crippen LogP) is 4.95. The van der Waals surface area contributed by atoms with Gasteiger partial charge in [0.25, 0.3) is 0 Å². The minimum absolute atomic E-state index is 0.0209. The van der Waals surface area contributed by atoms with Gasteiger partial charge in [-0.2, -0.15) is 4.31 Å². The summed E-state index contributed by atoms with van der Waals surface area (Å²) in [5.41, 5.74) is 3.27. The molecule has 184 valence electrons. The zero-order valence-corrected chi connectivity index (χ0v) is 20.7. The average Bonchev–Trinajstić information content (AvgIpc) is 3.19. The first-order chi connectivity index (χ1) is 16.6. The lowest BCUT2D eigenvalue weighted by atomic mass is 9.98. The molecule has 7 nitrogen and oxygen atoms in total. The van der Waals surface area contributed by atoms with Gasteiger partial charge < -0.3 is 9.84 Å². The summed E-state index contributed by atoms with van der Waals surface area (Å²) in [4.78, 5) is 12.9. The highest BCUT2D eigenvalue weighted by molar-refractivity contribution is 7.89. The van der Waals surface area contributed by atoms with Crippen LogP contribution in [0.4, 0.5) is 10.1 Å². The smallest absolute Gasteiger partial charge is 0.248 e. The van der Waals surface area contributed by atoms with Crippen molar-refractivity contribution >= 4 is 33.8 Å². The Bertz CT molecular complexity index is 1360. The number of aryl methyl sites for hydroxylation is 3. The third-order valence-electron chi connectivity index (χ3n) is 5.99. The van der Waals surface area contributed by atoms with E-state index in [1.807, 2.05) is 32.0 Å². The van der Waals surface area contributed by atoms with E-state index in [4.69, 9.17) is 4.52 Å². The van der Waals surface area contributed by atoms with Crippen LogP contribution in [0.2, 0.25) is 0 Å². The van der Waals surface area contributed by atoms with Crippen LogP contribution in [-0.2, 0) is 14.8 Å². The van der Waals surface area contributed by atoms with Gasteiger partial charge in [0.15, 0.2) is 10.7 Å². The van der Waals surface area contributed by atoms with Gasteiger partial charge in [-0.3, -0.25) is 4.79 Å². The van der Waals surface area contributed by atoms with E-state index in [0.717, 1.165) is 11.1 Å². The Hall–Kier alpha value is -3.30. The molecule has 2 aromatic carbocycles. The molecule has 1 amide bonds. The lowest BCUT2D eigenvalue weighted by molar-refractivity contribution is -0.120. The van der Waals surface area contributed by atoms with Crippen molar-refractivity contribution in [2.75, 3.05) is 18.4 Å². The molecular weight excluding hydrogens is 469 g/mol. The molecule has 3 aromatic rings. The number of rotatable bonds is 6. The van der Waals surface area contributed by atoms with Gasteiger partial charge in [-0.25, -0.2) is 12.8 Å². The lowest BCUT2D eigenvalue weighted by Gasteiger charge is -2.31. The van der Waals surface area contributed by atoms with Crippen molar-refractivity contribution in [1.82, 2.24) is 9.46 Å². The fourth-order valence-corrected chi connectivity index (χ4v) is 6.14. The van der Waals surface area contributed by atoms with Crippen molar-refractivity contribution < 1.29 is 22.1 Å². The van der Waals surface area contributed by atoms with Gasteiger partial charge in [-0.15, -0.1) is 0 Å². The number of anilines is 1. The normalized spacial score (nSPS) is 17.1. The van der Waals surface area contributed by atoms with Crippen LogP contribution in [0.1, 0.15) is 41.0 Å². The first kappa shape index (κ1) is 24.8. The van der Waals surface area contributed by atoms with Gasteiger partial charge in [-0.1, -0.05) is 29.4 Å². The standard InChI is InChI=1S/C26H28FN3O4S/c1-17-13-18(2)15-22(14-17)28-26(31)21-8-6-12-30(16-21)35(32,33)25-19(3)29-34-24(25)11-10-20-7-4-5-9-23(20)27/h4-5,7,9-11,13-15,21H,6,8,12,16H2,1-3H3,(H,28,31)/b11-10+/t21-/m0/s1.